The molecule has 1 aromatic rings. The van der Waals surface area contributed by atoms with E-state index in [-0.39, 0.29) is 29.1 Å². The van der Waals surface area contributed by atoms with Crippen LogP contribution in [-0.4, -0.2) is 34.9 Å². The first-order valence-electron chi connectivity index (χ1n) is 7.93. The molecule has 0 aromatic heterocycles. The van der Waals surface area contributed by atoms with Gasteiger partial charge in [-0.2, -0.15) is 0 Å². The van der Waals surface area contributed by atoms with Crippen LogP contribution in [-0.2, 0) is 9.59 Å². The Labute approximate surface area is 132 Å². The number of hydrogen-bond donors (Lipinski definition) is 0. The molecule has 0 heterocycles. The van der Waals surface area contributed by atoms with Crippen molar-refractivity contribution < 1.29 is 19.2 Å². The first-order valence-corrected chi connectivity index (χ1v) is 7.93. The van der Waals surface area contributed by atoms with Crippen molar-refractivity contribution in [1.29, 1.82) is 0 Å². The highest BCUT2D eigenvalue weighted by atomic mass is 16.2. The fraction of sp³-hybridized carbons (Fsp3) is 0.389. The van der Waals surface area contributed by atoms with Crippen LogP contribution < -0.4 is 0 Å². The van der Waals surface area contributed by atoms with Crippen molar-refractivity contribution in [2.24, 2.45) is 16.8 Å². The molecule has 5 heteroatoms. The predicted octanol–water partition coefficient (Wildman–Crippen LogP) is 1.83. The lowest BCUT2D eigenvalue weighted by Crippen LogP contribution is -2.26. The Kier molecular flexibility index (Phi) is 3.11. The van der Waals surface area contributed by atoms with Crippen LogP contribution in [0, 0.1) is 11.8 Å². The summed E-state index contributed by atoms with van der Waals surface area (Å²) in [5, 5.41) is 0. The lowest BCUT2D eigenvalue weighted by molar-refractivity contribution is -0.120. The third-order valence-electron chi connectivity index (χ3n) is 5.12. The lowest BCUT2D eigenvalue weighted by atomic mass is 9.81. The van der Waals surface area contributed by atoms with Crippen LogP contribution >= 0.6 is 0 Å². The molecule has 2 saturated carbocycles. The molecule has 2 unspecified atom stereocenters. The molecule has 0 N–H and O–H groups in total. The second kappa shape index (κ2) is 5.05. The van der Waals surface area contributed by atoms with Crippen LogP contribution in [0.15, 0.2) is 29.3 Å². The van der Waals surface area contributed by atoms with Crippen LogP contribution in [0.3, 0.4) is 0 Å². The molecule has 0 saturated heterocycles. The molecule has 3 aliphatic rings. The summed E-state index contributed by atoms with van der Waals surface area (Å²) in [5.41, 5.74) is 0.478. The van der Waals surface area contributed by atoms with Gasteiger partial charge < -0.3 is 0 Å². The third kappa shape index (κ3) is 1.96. The Morgan fingerprint density at radius 1 is 0.739 bits per heavy atom. The largest absolute Gasteiger partial charge is 0.292 e. The first kappa shape index (κ1) is 14.2. The summed E-state index contributed by atoms with van der Waals surface area (Å²) in [7, 11) is 0. The van der Waals surface area contributed by atoms with E-state index in [2.05, 4.69) is 4.99 Å². The minimum Gasteiger partial charge on any atom is -0.292 e. The maximum atomic E-state index is 12.4. The Hall–Kier alpha value is -2.43. The van der Waals surface area contributed by atoms with Crippen LogP contribution in [0.1, 0.15) is 46.4 Å². The number of Topliss-reactive ketones (excluding diaryl/α,β-unsaturated/α-hetero) is 4. The van der Waals surface area contributed by atoms with E-state index >= 15 is 0 Å². The van der Waals surface area contributed by atoms with Gasteiger partial charge in [-0.05, 0) is 12.8 Å². The average molecular weight is 309 g/mol. The second-order valence-electron chi connectivity index (χ2n) is 6.38. The van der Waals surface area contributed by atoms with Gasteiger partial charge in [-0.15, -0.1) is 0 Å². The zero-order valence-corrected chi connectivity index (χ0v) is 12.5. The third-order valence-corrected chi connectivity index (χ3v) is 5.12. The molecule has 0 spiro atoms. The predicted molar refractivity (Wildman–Crippen MR) is 81.8 cm³/mol. The van der Waals surface area contributed by atoms with Gasteiger partial charge in [0.2, 0.25) is 0 Å². The van der Waals surface area contributed by atoms with E-state index in [1.165, 1.54) is 0 Å². The highest BCUT2D eigenvalue weighted by Gasteiger charge is 2.49. The fourth-order valence-corrected chi connectivity index (χ4v) is 3.93. The quantitative estimate of drug-likeness (QED) is 0.741. The zero-order valence-electron chi connectivity index (χ0n) is 12.5. The Balaban J connectivity index is 1.72. The van der Waals surface area contributed by atoms with Crippen LogP contribution in [0.4, 0.5) is 0 Å². The minimum absolute atomic E-state index is 0.165. The van der Waals surface area contributed by atoms with E-state index in [9.17, 15) is 19.2 Å². The van der Waals surface area contributed by atoms with Gasteiger partial charge in [-0.25, -0.2) is 0 Å². The molecular formula is C18H15NO4. The van der Waals surface area contributed by atoms with Gasteiger partial charge in [0.25, 0.3) is 0 Å². The molecule has 2 atom stereocenters. The number of carbonyl (C=O) groups is 4. The van der Waals surface area contributed by atoms with Gasteiger partial charge in [0, 0.05) is 23.0 Å². The van der Waals surface area contributed by atoms with Crippen molar-refractivity contribution >= 4 is 28.8 Å². The maximum Gasteiger partial charge on any atom is 0.196 e. The van der Waals surface area contributed by atoms with Gasteiger partial charge in [-0.1, -0.05) is 37.1 Å². The number of hydrogen-bond acceptors (Lipinski definition) is 5. The molecule has 4 rings (SSSR count). The normalized spacial score (nSPS) is 27.4. The fourth-order valence-electron chi connectivity index (χ4n) is 3.93. The van der Waals surface area contributed by atoms with E-state index in [1.807, 2.05) is 0 Å². The summed E-state index contributed by atoms with van der Waals surface area (Å²) in [6.45, 7) is 0. The van der Waals surface area contributed by atoms with Crippen molar-refractivity contribution in [2.75, 3.05) is 0 Å². The molecule has 5 nitrogen and oxygen atoms in total. The van der Waals surface area contributed by atoms with Gasteiger partial charge in [0.05, 0.1) is 0 Å². The summed E-state index contributed by atoms with van der Waals surface area (Å²) in [6, 6.07) is 5.25. The topological polar surface area (TPSA) is 80.6 Å². The van der Waals surface area contributed by atoms with Gasteiger partial charge in [0.1, 0.15) is 5.71 Å². The summed E-state index contributed by atoms with van der Waals surface area (Å²) in [5.74, 6) is -2.01. The van der Waals surface area contributed by atoms with Crippen molar-refractivity contribution in [3.8, 4) is 0 Å². The highest BCUT2D eigenvalue weighted by molar-refractivity contribution is 6.70. The SMILES string of the molecule is O=C1c2ccccc2C(=O)C1N=C1C(=O)C2CCCCC2C1=O. The summed E-state index contributed by atoms with van der Waals surface area (Å²) >= 11 is 0. The molecular weight excluding hydrogens is 294 g/mol. The molecule has 0 aliphatic heterocycles. The van der Waals surface area contributed by atoms with Crippen LogP contribution in [0.5, 0.6) is 0 Å². The number of benzene rings is 1. The zero-order chi connectivity index (χ0) is 16.1. The van der Waals surface area contributed by atoms with E-state index in [0.717, 1.165) is 12.8 Å². The second-order valence-corrected chi connectivity index (χ2v) is 6.38. The van der Waals surface area contributed by atoms with Gasteiger partial charge in [-0.3, -0.25) is 24.2 Å². The Bertz CT molecular complexity index is 731. The number of fused-ring (bicyclic) bond motifs is 2. The smallest absolute Gasteiger partial charge is 0.196 e. The van der Waals surface area contributed by atoms with Gasteiger partial charge >= 0.3 is 0 Å². The molecule has 23 heavy (non-hydrogen) atoms. The van der Waals surface area contributed by atoms with Crippen LogP contribution in [0.2, 0.25) is 0 Å². The van der Waals surface area contributed by atoms with Crippen molar-refractivity contribution in [3.05, 3.63) is 35.4 Å². The molecule has 116 valence electrons. The Morgan fingerprint density at radius 2 is 1.22 bits per heavy atom. The van der Waals surface area contributed by atoms with Crippen LogP contribution in [0.25, 0.3) is 0 Å². The van der Waals surface area contributed by atoms with Gasteiger partial charge in [0.15, 0.2) is 29.2 Å². The average Bonchev–Trinajstić information content (AvgIpc) is 2.97. The molecule has 1 aromatic carbocycles. The van der Waals surface area contributed by atoms with E-state index < -0.39 is 17.6 Å². The summed E-state index contributed by atoms with van der Waals surface area (Å²) in [4.78, 5) is 53.7. The number of carbonyl (C=O) groups excluding carboxylic acids is 4. The van der Waals surface area contributed by atoms with Crippen molar-refractivity contribution in [1.82, 2.24) is 0 Å². The molecule has 0 amide bonds. The van der Waals surface area contributed by atoms with Crippen molar-refractivity contribution in [2.45, 2.75) is 31.7 Å². The molecule has 3 aliphatic carbocycles. The lowest BCUT2D eigenvalue weighted by Gasteiger charge is -2.20. The molecule has 0 radical (unpaired) electrons. The number of ketones is 4. The molecule has 0 bridgehead atoms. The maximum absolute atomic E-state index is 12.4. The molecule has 2 fully saturated rings. The number of rotatable bonds is 1. The first-order chi connectivity index (χ1) is 11.1. The minimum atomic E-state index is -1.27. The van der Waals surface area contributed by atoms with Crippen molar-refractivity contribution in [3.63, 3.8) is 0 Å². The number of aliphatic imine (C=N–C) groups is 1. The summed E-state index contributed by atoms with van der Waals surface area (Å²) < 4.78 is 0. The summed E-state index contributed by atoms with van der Waals surface area (Å²) in [6.07, 6.45) is 3.25. The standard InChI is InChI=1S/C18H15NO4/c20-15-9-5-1-2-6-10(9)16(21)13(15)19-14-17(22)11-7-3-4-8-12(11)18(14)23/h1-2,5-6,11-13H,3-4,7-8H2. The van der Waals surface area contributed by atoms with E-state index in [4.69, 9.17) is 0 Å². The highest BCUT2D eigenvalue weighted by Crippen LogP contribution is 2.37. The Morgan fingerprint density at radius 3 is 1.70 bits per heavy atom. The monoisotopic (exact) mass is 309 g/mol. The van der Waals surface area contributed by atoms with E-state index in [1.54, 1.807) is 24.3 Å². The number of nitrogens with zero attached hydrogens (tertiary/aromatic N) is 1. The van der Waals surface area contributed by atoms with E-state index in [0.29, 0.717) is 24.0 Å².